The molecule has 17 heavy (non-hydrogen) atoms. The molecule has 1 fully saturated rings. The highest BCUT2D eigenvalue weighted by Crippen LogP contribution is 2.19. The lowest BCUT2D eigenvalue weighted by Gasteiger charge is -2.21. The first-order chi connectivity index (χ1) is 7.95. The summed E-state index contributed by atoms with van der Waals surface area (Å²) in [7, 11) is 0. The van der Waals surface area contributed by atoms with Crippen LogP contribution >= 0.6 is 24.0 Å². The van der Waals surface area contributed by atoms with Crippen LogP contribution < -0.4 is 10.6 Å². The molecule has 0 radical (unpaired) electrons. The molecule has 7 heteroatoms. The van der Waals surface area contributed by atoms with Gasteiger partial charge in [-0.05, 0) is 5.92 Å². The van der Waals surface area contributed by atoms with Crippen LogP contribution in [-0.2, 0) is 9.59 Å². The number of aliphatic carboxylic acids is 1. The molecule has 3 atom stereocenters. The molecular weight excluding hydrogens is 260 g/mol. The Morgan fingerprint density at radius 3 is 2.76 bits per heavy atom. The number of thioether (sulfide) groups is 1. The van der Waals surface area contributed by atoms with Crippen LogP contribution in [0.3, 0.4) is 0 Å². The maximum absolute atomic E-state index is 11.4. The Morgan fingerprint density at radius 1 is 1.71 bits per heavy atom. The SMILES string of the molecule is CCC(C)C(NCC1SC(=S)NC1=O)C(=O)O. The highest BCUT2D eigenvalue weighted by molar-refractivity contribution is 8.24. The predicted octanol–water partition coefficient (Wildman–Crippen LogP) is 0.592. The molecule has 0 saturated carbocycles. The van der Waals surface area contributed by atoms with Gasteiger partial charge in [0.25, 0.3) is 0 Å². The summed E-state index contributed by atoms with van der Waals surface area (Å²) >= 11 is 6.13. The van der Waals surface area contributed by atoms with Crippen molar-refractivity contribution in [2.75, 3.05) is 6.54 Å². The van der Waals surface area contributed by atoms with Gasteiger partial charge in [-0.25, -0.2) is 0 Å². The van der Waals surface area contributed by atoms with Gasteiger partial charge in [0, 0.05) is 6.54 Å². The van der Waals surface area contributed by atoms with Crippen LogP contribution in [0.2, 0.25) is 0 Å². The Kier molecular flexibility index (Phi) is 5.35. The molecule has 0 aromatic heterocycles. The molecule has 0 aromatic carbocycles. The average Bonchev–Trinajstić information content (AvgIpc) is 2.57. The average molecular weight is 276 g/mol. The normalized spacial score (nSPS) is 23.3. The topological polar surface area (TPSA) is 78.4 Å². The molecule has 3 N–H and O–H groups in total. The number of carbonyl (C=O) groups excluding carboxylic acids is 1. The fourth-order valence-corrected chi connectivity index (χ4v) is 2.74. The molecule has 1 rings (SSSR count). The van der Waals surface area contributed by atoms with Crippen molar-refractivity contribution in [2.45, 2.75) is 31.6 Å². The molecule has 0 spiro atoms. The van der Waals surface area contributed by atoms with Crippen molar-refractivity contribution in [1.29, 1.82) is 0 Å². The fourth-order valence-electron chi connectivity index (χ4n) is 1.53. The summed E-state index contributed by atoms with van der Waals surface area (Å²) in [6.07, 6.45) is 0.770. The molecule has 1 aliphatic heterocycles. The van der Waals surface area contributed by atoms with E-state index in [1.54, 1.807) is 0 Å². The molecule has 1 saturated heterocycles. The van der Waals surface area contributed by atoms with E-state index in [1.807, 2.05) is 13.8 Å². The lowest BCUT2D eigenvalue weighted by molar-refractivity contribution is -0.141. The molecule has 5 nitrogen and oxygen atoms in total. The van der Waals surface area contributed by atoms with Gasteiger partial charge in [-0.3, -0.25) is 9.59 Å². The summed E-state index contributed by atoms with van der Waals surface area (Å²) < 4.78 is 0.456. The smallest absolute Gasteiger partial charge is 0.320 e. The van der Waals surface area contributed by atoms with Crippen LogP contribution in [0.15, 0.2) is 0 Å². The Balaban J connectivity index is 2.50. The minimum absolute atomic E-state index is 0.0221. The number of carboxylic acids is 1. The molecule has 3 unspecified atom stereocenters. The van der Waals surface area contributed by atoms with Gasteiger partial charge in [-0.1, -0.05) is 44.2 Å². The zero-order chi connectivity index (χ0) is 13.0. The number of carboxylic acid groups (broad SMARTS) is 1. The quantitative estimate of drug-likeness (QED) is 0.616. The van der Waals surface area contributed by atoms with Gasteiger partial charge in [0.2, 0.25) is 5.91 Å². The third-order valence-electron chi connectivity index (χ3n) is 2.77. The molecular formula is C10H16N2O3S2. The molecule has 1 heterocycles. The van der Waals surface area contributed by atoms with E-state index in [0.717, 1.165) is 6.42 Å². The first-order valence-electron chi connectivity index (χ1n) is 5.43. The second-order valence-electron chi connectivity index (χ2n) is 3.99. The van der Waals surface area contributed by atoms with E-state index in [-0.39, 0.29) is 17.1 Å². The number of rotatable bonds is 6. The number of hydrogen-bond acceptors (Lipinski definition) is 5. The van der Waals surface area contributed by atoms with Crippen LogP contribution in [0, 0.1) is 5.92 Å². The second kappa shape index (κ2) is 6.32. The van der Waals surface area contributed by atoms with Crippen molar-refractivity contribution >= 4 is 40.2 Å². The minimum atomic E-state index is -0.884. The van der Waals surface area contributed by atoms with Crippen molar-refractivity contribution in [3.8, 4) is 0 Å². The van der Waals surface area contributed by atoms with Crippen LogP contribution in [0.5, 0.6) is 0 Å². The fraction of sp³-hybridized carbons (Fsp3) is 0.700. The molecule has 96 valence electrons. The minimum Gasteiger partial charge on any atom is -0.480 e. The molecule has 1 amide bonds. The van der Waals surface area contributed by atoms with Crippen molar-refractivity contribution in [1.82, 2.24) is 10.6 Å². The van der Waals surface area contributed by atoms with E-state index in [4.69, 9.17) is 17.3 Å². The lowest BCUT2D eigenvalue weighted by Crippen LogP contribution is -2.45. The standard InChI is InChI=1S/C10H16N2O3S2/c1-3-5(2)7(9(14)15)11-4-6-8(13)12-10(16)17-6/h5-7,11H,3-4H2,1-2H3,(H,14,15)(H,12,13,16). The van der Waals surface area contributed by atoms with Crippen LogP contribution in [0.4, 0.5) is 0 Å². The summed E-state index contributed by atoms with van der Waals surface area (Å²) in [6, 6.07) is -0.623. The molecule has 0 aliphatic carbocycles. The Morgan fingerprint density at radius 2 is 2.35 bits per heavy atom. The van der Waals surface area contributed by atoms with Gasteiger partial charge in [0.05, 0.1) is 0 Å². The van der Waals surface area contributed by atoms with Crippen molar-refractivity contribution in [3.05, 3.63) is 0 Å². The zero-order valence-electron chi connectivity index (χ0n) is 9.73. The third-order valence-corrected chi connectivity index (χ3v) is 4.14. The number of nitrogens with one attached hydrogen (secondary N) is 2. The number of thiocarbonyl (C=S) groups is 1. The van der Waals surface area contributed by atoms with E-state index in [0.29, 0.717) is 10.9 Å². The van der Waals surface area contributed by atoms with Gasteiger partial charge in [0.1, 0.15) is 15.6 Å². The highest BCUT2D eigenvalue weighted by atomic mass is 32.2. The second-order valence-corrected chi connectivity index (χ2v) is 5.87. The van der Waals surface area contributed by atoms with E-state index < -0.39 is 12.0 Å². The predicted molar refractivity (Wildman–Crippen MR) is 71.0 cm³/mol. The van der Waals surface area contributed by atoms with Crippen LogP contribution in [-0.4, -0.2) is 39.1 Å². The molecule has 0 aromatic rings. The first kappa shape index (κ1) is 14.4. The van der Waals surface area contributed by atoms with Crippen molar-refractivity contribution in [2.24, 2.45) is 5.92 Å². The zero-order valence-corrected chi connectivity index (χ0v) is 11.4. The van der Waals surface area contributed by atoms with Gasteiger partial charge in [-0.15, -0.1) is 0 Å². The summed E-state index contributed by atoms with van der Waals surface area (Å²) in [4.78, 5) is 22.5. The number of hydrogen-bond donors (Lipinski definition) is 3. The lowest BCUT2D eigenvalue weighted by atomic mass is 9.99. The Labute approximate surface area is 110 Å². The van der Waals surface area contributed by atoms with Gasteiger partial charge in [-0.2, -0.15) is 0 Å². The molecule has 1 aliphatic rings. The highest BCUT2D eigenvalue weighted by Gasteiger charge is 2.31. The van der Waals surface area contributed by atoms with Gasteiger partial charge < -0.3 is 15.7 Å². The first-order valence-corrected chi connectivity index (χ1v) is 6.72. The van der Waals surface area contributed by atoms with Crippen molar-refractivity contribution in [3.63, 3.8) is 0 Å². The Bertz CT molecular complexity index is 336. The molecule has 0 bridgehead atoms. The van der Waals surface area contributed by atoms with E-state index in [2.05, 4.69) is 10.6 Å². The van der Waals surface area contributed by atoms with Gasteiger partial charge in [0.15, 0.2) is 0 Å². The number of carbonyl (C=O) groups is 2. The maximum Gasteiger partial charge on any atom is 0.320 e. The number of amides is 1. The monoisotopic (exact) mass is 276 g/mol. The summed E-state index contributed by atoms with van der Waals surface area (Å²) in [5.41, 5.74) is 0. The summed E-state index contributed by atoms with van der Waals surface area (Å²) in [6.45, 7) is 4.13. The van der Waals surface area contributed by atoms with Crippen LogP contribution in [0.1, 0.15) is 20.3 Å². The van der Waals surface area contributed by atoms with E-state index in [1.165, 1.54) is 11.8 Å². The summed E-state index contributed by atoms with van der Waals surface area (Å²) in [5.74, 6) is -1.01. The van der Waals surface area contributed by atoms with E-state index >= 15 is 0 Å². The largest absolute Gasteiger partial charge is 0.480 e. The van der Waals surface area contributed by atoms with E-state index in [9.17, 15) is 9.59 Å². The maximum atomic E-state index is 11.4. The van der Waals surface area contributed by atoms with Crippen LogP contribution in [0.25, 0.3) is 0 Å². The Hall–Kier alpha value is -0.660. The third kappa shape index (κ3) is 3.93. The van der Waals surface area contributed by atoms with Gasteiger partial charge >= 0.3 is 5.97 Å². The summed E-state index contributed by atoms with van der Waals surface area (Å²) in [5, 5.41) is 14.2. The van der Waals surface area contributed by atoms with Crippen molar-refractivity contribution < 1.29 is 14.7 Å².